The SMILES string of the molecule is CN1CCCC(CNc2cc(Br)cc(C(=O)O)c2)C1. The van der Waals surface area contributed by atoms with E-state index in [4.69, 9.17) is 5.11 Å². The highest BCUT2D eigenvalue weighted by Gasteiger charge is 2.17. The number of carbonyl (C=O) groups is 1. The van der Waals surface area contributed by atoms with Crippen molar-refractivity contribution in [1.29, 1.82) is 0 Å². The van der Waals surface area contributed by atoms with E-state index in [0.717, 1.165) is 23.2 Å². The highest BCUT2D eigenvalue weighted by atomic mass is 79.9. The van der Waals surface area contributed by atoms with Gasteiger partial charge in [0.1, 0.15) is 0 Å². The van der Waals surface area contributed by atoms with Gasteiger partial charge in [-0.25, -0.2) is 4.79 Å². The van der Waals surface area contributed by atoms with Crippen LogP contribution in [0.3, 0.4) is 0 Å². The Morgan fingerprint density at radius 1 is 1.53 bits per heavy atom. The lowest BCUT2D eigenvalue weighted by atomic mass is 9.98. The second kappa shape index (κ2) is 6.39. The molecule has 0 bridgehead atoms. The Morgan fingerprint density at radius 3 is 3.00 bits per heavy atom. The summed E-state index contributed by atoms with van der Waals surface area (Å²) < 4.78 is 0.788. The lowest BCUT2D eigenvalue weighted by Gasteiger charge is -2.30. The van der Waals surface area contributed by atoms with Crippen LogP contribution in [0.5, 0.6) is 0 Å². The Hall–Kier alpha value is -1.07. The number of rotatable bonds is 4. The largest absolute Gasteiger partial charge is 0.478 e. The molecule has 1 aliphatic rings. The highest BCUT2D eigenvalue weighted by Crippen LogP contribution is 2.21. The second-order valence-electron chi connectivity index (χ2n) is 5.19. The van der Waals surface area contributed by atoms with Crippen LogP contribution in [-0.2, 0) is 0 Å². The van der Waals surface area contributed by atoms with Gasteiger partial charge in [0.15, 0.2) is 0 Å². The minimum absolute atomic E-state index is 0.303. The minimum Gasteiger partial charge on any atom is -0.478 e. The lowest BCUT2D eigenvalue weighted by molar-refractivity contribution is 0.0697. The van der Waals surface area contributed by atoms with Crippen molar-refractivity contribution in [3.05, 3.63) is 28.2 Å². The van der Waals surface area contributed by atoms with E-state index in [1.807, 2.05) is 6.07 Å². The molecule has 4 nitrogen and oxygen atoms in total. The van der Waals surface area contributed by atoms with Gasteiger partial charge in [-0.15, -0.1) is 0 Å². The van der Waals surface area contributed by atoms with Crippen molar-refractivity contribution in [2.24, 2.45) is 5.92 Å². The van der Waals surface area contributed by atoms with Crippen LogP contribution in [0.2, 0.25) is 0 Å². The first kappa shape index (κ1) is 14.3. The average molecular weight is 327 g/mol. The topological polar surface area (TPSA) is 52.6 Å². The first-order valence-corrected chi connectivity index (χ1v) is 7.30. The Labute approximate surface area is 121 Å². The molecule has 1 fully saturated rings. The van der Waals surface area contributed by atoms with Crippen LogP contribution < -0.4 is 5.32 Å². The van der Waals surface area contributed by atoms with Crippen LogP contribution >= 0.6 is 15.9 Å². The van der Waals surface area contributed by atoms with E-state index in [-0.39, 0.29) is 0 Å². The van der Waals surface area contributed by atoms with Crippen molar-refractivity contribution in [3.63, 3.8) is 0 Å². The number of carboxylic acids is 1. The molecule has 1 unspecified atom stereocenters. The first-order chi connectivity index (χ1) is 9.04. The number of piperidine rings is 1. The molecule has 0 amide bonds. The Bertz CT molecular complexity index is 465. The zero-order valence-corrected chi connectivity index (χ0v) is 12.6. The fourth-order valence-electron chi connectivity index (χ4n) is 2.52. The second-order valence-corrected chi connectivity index (χ2v) is 6.10. The van der Waals surface area contributed by atoms with Gasteiger partial charge in [-0.2, -0.15) is 0 Å². The van der Waals surface area contributed by atoms with Crippen molar-refractivity contribution in [3.8, 4) is 0 Å². The predicted molar refractivity (Wildman–Crippen MR) is 79.8 cm³/mol. The Kier molecular flexibility index (Phi) is 4.82. The van der Waals surface area contributed by atoms with E-state index in [1.54, 1.807) is 12.1 Å². The molecule has 1 heterocycles. The van der Waals surface area contributed by atoms with Gasteiger partial charge >= 0.3 is 5.97 Å². The quantitative estimate of drug-likeness (QED) is 0.893. The number of nitrogens with zero attached hydrogens (tertiary/aromatic N) is 1. The maximum atomic E-state index is 11.0. The predicted octanol–water partition coefficient (Wildman–Crippen LogP) is 2.90. The summed E-state index contributed by atoms with van der Waals surface area (Å²) in [6, 6.07) is 5.21. The molecule has 2 N–H and O–H groups in total. The van der Waals surface area contributed by atoms with Crippen LogP contribution in [0.15, 0.2) is 22.7 Å². The van der Waals surface area contributed by atoms with E-state index in [9.17, 15) is 4.79 Å². The lowest BCUT2D eigenvalue weighted by Crippen LogP contribution is -2.35. The number of aromatic carboxylic acids is 1. The molecule has 19 heavy (non-hydrogen) atoms. The molecule has 1 saturated heterocycles. The summed E-state index contributed by atoms with van der Waals surface area (Å²) in [5.41, 5.74) is 1.16. The summed E-state index contributed by atoms with van der Waals surface area (Å²) in [5.74, 6) is -0.271. The van der Waals surface area contributed by atoms with Gasteiger partial charge < -0.3 is 15.3 Å². The standard InChI is InChI=1S/C14H19BrN2O2/c1-17-4-2-3-10(9-17)8-16-13-6-11(14(18)19)5-12(15)7-13/h5-7,10,16H,2-4,8-9H2,1H3,(H,18,19). The number of benzene rings is 1. The van der Waals surface area contributed by atoms with Gasteiger partial charge in [0.2, 0.25) is 0 Å². The molecule has 0 saturated carbocycles. The number of likely N-dealkylation sites (tertiary alicyclic amines) is 1. The minimum atomic E-state index is -0.901. The summed E-state index contributed by atoms with van der Waals surface area (Å²) in [4.78, 5) is 13.3. The third-order valence-corrected chi connectivity index (χ3v) is 3.92. The molecule has 1 atom stereocenters. The summed E-state index contributed by atoms with van der Waals surface area (Å²) in [6.45, 7) is 3.17. The summed E-state index contributed by atoms with van der Waals surface area (Å²) in [7, 11) is 2.15. The Morgan fingerprint density at radius 2 is 2.32 bits per heavy atom. The molecule has 1 aromatic carbocycles. The van der Waals surface area contributed by atoms with Gasteiger partial charge in [0.25, 0.3) is 0 Å². The van der Waals surface area contributed by atoms with Crippen LogP contribution in [0.4, 0.5) is 5.69 Å². The molecule has 1 aliphatic heterocycles. The molecular formula is C14H19BrN2O2. The Balaban J connectivity index is 1.97. The zero-order valence-electron chi connectivity index (χ0n) is 11.0. The van der Waals surface area contributed by atoms with E-state index in [2.05, 4.69) is 33.2 Å². The summed E-state index contributed by atoms with van der Waals surface area (Å²) >= 11 is 3.35. The van der Waals surface area contributed by atoms with Crippen molar-refractivity contribution < 1.29 is 9.90 Å². The molecule has 0 aromatic heterocycles. The van der Waals surface area contributed by atoms with E-state index < -0.39 is 5.97 Å². The zero-order chi connectivity index (χ0) is 13.8. The van der Waals surface area contributed by atoms with Gasteiger partial charge in [-0.3, -0.25) is 0 Å². The number of halogens is 1. The van der Waals surface area contributed by atoms with Gasteiger partial charge in [0, 0.05) is 23.2 Å². The van der Waals surface area contributed by atoms with Crippen molar-refractivity contribution in [2.75, 3.05) is 32.0 Å². The fraction of sp³-hybridized carbons (Fsp3) is 0.500. The molecule has 0 aliphatic carbocycles. The van der Waals surface area contributed by atoms with Crippen LogP contribution in [0.1, 0.15) is 23.2 Å². The maximum Gasteiger partial charge on any atom is 0.335 e. The van der Waals surface area contributed by atoms with E-state index >= 15 is 0 Å². The fourth-order valence-corrected chi connectivity index (χ4v) is 3.01. The van der Waals surface area contributed by atoms with Crippen LogP contribution in [-0.4, -0.2) is 42.7 Å². The van der Waals surface area contributed by atoms with Gasteiger partial charge in [-0.1, -0.05) is 15.9 Å². The molecule has 0 spiro atoms. The summed E-state index contributed by atoms with van der Waals surface area (Å²) in [5, 5.41) is 12.4. The smallest absolute Gasteiger partial charge is 0.335 e. The number of hydrogen-bond donors (Lipinski definition) is 2. The number of nitrogens with one attached hydrogen (secondary N) is 1. The average Bonchev–Trinajstić information content (AvgIpc) is 2.36. The van der Waals surface area contributed by atoms with Crippen molar-refractivity contribution in [1.82, 2.24) is 4.90 Å². The monoisotopic (exact) mass is 326 g/mol. The van der Waals surface area contributed by atoms with Crippen molar-refractivity contribution >= 4 is 27.6 Å². The number of hydrogen-bond acceptors (Lipinski definition) is 3. The summed E-state index contributed by atoms with van der Waals surface area (Å²) in [6.07, 6.45) is 2.47. The van der Waals surface area contributed by atoms with E-state index in [1.165, 1.54) is 19.4 Å². The van der Waals surface area contributed by atoms with Gasteiger partial charge in [-0.05, 0) is 50.6 Å². The number of anilines is 1. The van der Waals surface area contributed by atoms with Crippen LogP contribution in [0.25, 0.3) is 0 Å². The molecule has 5 heteroatoms. The number of carboxylic acid groups (broad SMARTS) is 1. The third kappa shape index (κ3) is 4.21. The molecule has 2 rings (SSSR count). The molecule has 0 radical (unpaired) electrons. The highest BCUT2D eigenvalue weighted by molar-refractivity contribution is 9.10. The van der Waals surface area contributed by atoms with E-state index in [0.29, 0.717) is 11.5 Å². The van der Waals surface area contributed by atoms with Crippen molar-refractivity contribution in [2.45, 2.75) is 12.8 Å². The molecule has 1 aromatic rings. The normalized spacial score (nSPS) is 20.2. The maximum absolute atomic E-state index is 11.0. The molecule has 104 valence electrons. The third-order valence-electron chi connectivity index (χ3n) is 3.46. The van der Waals surface area contributed by atoms with Gasteiger partial charge in [0.05, 0.1) is 5.56 Å². The van der Waals surface area contributed by atoms with Crippen LogP contribution in [0, 0.1) is 5.92 Å². The molecular weight excluding hydrogens is 308 g/mol. The first-order valence-electron chi connectivity index (χ1n) is 6.51.